The number of nitrogens with zero attached hydrogens (tertiary/aromatic N) is 1. The van der Waals surface area contributed by atoms with E-state index in [0.29, 0.717) is 5.75 Å². The Bertz CT molecular complexity index is 679. The third kappa shape index (κ3) is 7.06. The first-order valence-corrected chi connectivity index (χ1v) is 8.95. The van der Waals surface area contributed by atoms with Crippen LogP contribution in [0.3, 0.4) is 0 Å². The number of carbonyl (C=O) groups is 3. The lowest BCUT2D eigenvalue weighted by Crippen LogP contribution is -2.56. The Morgan fingerprint density at radius 3 is 2.10 bits per heavy atom. The molecule has 1 aromatic heterocycles. The molecule has 1 aliphatic rings. The average molecular weight is 454 g/mol. The van der Waals surface area contributed by atoms with Gasteiger partial charge in [-0.25, -0.2) is 14.4 Å². The van der Waals surface area contributed by atoms with Crippen LogP contribution in [0, 0.1) is 0 Å². The van der Waals surface area contributed by atoms with Crippen LogP contribution in [0.2, 0.25) is 0 Å². The predicted octanol–water partition coefficient (Wildman–Crippen LogP) is 2.41. The fourth-order valence-electron chi connectivity index (χ4n) is 2.25. The topological polar surface area (TPSA) is 129 Å². The molecule has 0 amide bonds. The number of thioether (sulfide) groups is 1. The van der Waals surface area contributed by atoms with Crippen molar-refractivity contribution in [1.82, 2.24) is 4.98 Å². The molecule has 2 rings (SSSR count). The molecule has 0 saturated carbocycles. The lowest BCUT2D eigenvalue weighted by atomic mass is 10.1. The number of halogens is 1. The van der Waals surface area contributed by atoms with E-state index >= 15 is 0 Å². The summed E-state index contributed by atoms with van der Waals surface area (Å²) in [6.45, 7) is 0. The minimum Gasteiger partial charge on any atom is -0.474 e. The van der Waals surface area contributed by atoms with Crippen molar-refractivity contribution in [3.63, 3.8) is 0 Å². The lowest BCUT2D eigenvalue weighted by Gasteiger charge is -2.39. The van der Waals surface area contributed by atoms with Crippen molar-refractivity contribution in [1.29, 1.82) is 0 Å². The molecule has 1 saturated heterocycles. The van der Waals surface area contributed by atoms with Crippen molar-refractivity contribution in [3.05, 3.63) is 24.5 Å². The zero-order valence-corrected chi connectivity index (χ0v) is 17.3. The van der Waals surface area contributed by atoms with E-state index < -0.39 is 42.2 Å². The maximum absolute atomic E-state index is 11.7. The maximum Gasteiger partial charge on any atom is 0.508 e. The summed E-state index contributed by atoms with van der Waals surface area (Å²) < 4.78 is 34.9. The molecular formula is C16H20ClNO10S. The van der Waals surface area contributed by atoms with Gasteiger partial charge in [-0.3, -0.25) is 4.98 Å². The Labute approximate surface area is 176 Å². The fourth-order valence-corrected chi connectivity index (χ4v) is 3.47. The van der Waals surface area contributed by atoms with Gasteiger partial charge in [0.1, 0.15) is 5.75 Å². The quantitative estimate of drug-likeness (QED) is 0.479. The monoisotopic (exact) mass is 453 g/mol. The number of methoxy groups -OCH3 is 3. The summed E-state index contributed by atoms with van der Waals surface area (Å²) in [5, 5.41) is 0. The molecule has 0 aromatic carbocycles. The molecule has 2 heterocycles. The largest absolute Gasteiger partial charge is 0.508 e. The van der Waals surface area contributed by atoms with Crippen LogP contribution in [0.5, 0.6) is 5.75 Å². The summed E-state index contributed by atoms with van der Waals surface area (Å²) in [5.74, 6) is 0.547. The lowest BCUT2D eigenvalue weighted by molar-refractivity contribution is -0.116. The van der Waals surface area contributed by atoms with Crippen LogP contribution in [-0.4, -0.2) is 74.3 Å². The van der Waals surface area contributed by atoms with Crippen LogP contribution in [0.25, 0.3) is 0 Å². The molecule has 1 fully saturated rings. The van der Waals surface area contributed by atoms with E-state index in [1.165, 1.54) is 18.0 Å². The highest BCUT2D eigenvalue weighted by Gasteiger charge is 2.49. The molecule has 0 N–H and O–H groups in total. The smallest absolute Gasteiger partial charge is 0.474 e. The molecule has 11 nitrogen and oxygen atoms in total. The molecule has 0 bridgehead atoms. The van der Waals surface area contributed by atoms with Crippen LogP contribution in [0.4, 0.5) is 14.4 Å². The third-order valence-corrected chi connectivity index (χ3v) is 4.70. The molecule has 13 heteroatoms. The Morgan fingerprint density at radius 2 is 1.55 bits per heavy atom. The minimum absolute atomic E-state index is 0. The van der Waals surface area contributed by atoms with E-state index in [4.69, 9.17) is 18.9 Å². The fraction of sp³-hybridized carbons (Fsp3) is 0.500. The van der Waals surface area contributed by atoms with E-state index in [2.05, 4.69) is 19.2 Å². The van der Waals surface area contributed by atoms with Gasteiger partial charge in [-0.15, -0.1) is 24.2 Å². The van der Waals surface area contributed by atoms with E-state index in [-0.39, 0.29) is 18.2 Å². The summed E-state index contributed by atoms with van der Waals surface area (Å²) in [7, 11) is 3.36. The average Bonchev–Trinajstić information content (AvgIpc) is 2.72. The van der Waals surface area contributed by atoms with Crippen molar-refractivity contribution in [3.8, 4) is 5.75 Å². The molecule has 0 aliphatic carbocycles. The number of pyridine rings is 1. The Hall–Kier alpha value is -2.60. The second-order valence-electron chi connectivity index (χ2n) is 5.19. The van der Waals surface area contributed by atoms with Gasteiger partial charge in [0.25, 0.3) is 0 Å². The van der Waals surface area contributed by atoms with Crippen molar-refractivity contribution >= 4 is 42.6 Å². The summed E-state index contributed by atoms with van der Waals surface area (Å²) >= 11 is 1.17. The van der Waals surface area contributed by atoms with Gasteiger partial charge in [-0.05, 0) is 12.1 Å². The number of aromatic nitrogens is 1. The van der Waals surface area contributed by atoms with Crippen LogP contribution < -0.4 is 4.74 Å². The number of hydrogen-bond donors (Lipinski definition) is 0. The molecular weight excluding hydrogens is 434 g/mol. The molecule has 29 heavy (non-hydrogen) atoms. The molecule has 0 spiro atoms. The van der Waals surface area contributed by atoms with Gasteiger partial charge in [-0.2, -0.15) is 0 Å². The van der Waals surface area contributed by atoms with Crippen molar-refractivity contribution in [2.45, 2.75) is 23.7 Å². The Morgan fingerprint density at radius 1 is 0.966 bits per heavy atom. The SMILES string of the molecule is COC(=O)O[C@@H]1[C@@H](OC(=O)OC)[C@H](OC(=O)OC)CS[C@H]1Oc1cccnc1.Cl. The van der Waals surface area contributed by atoms with Crippen LogP contribution in [0.1, 0.15) is 0 Å². The second-order valence-corrected chi connectivity index (χ2v) is 6.32. The minimum atomic E-state index is -1.24. The van der Waals surface area contributed by atoms with E-state index in [0.717, 1.165) is 21.3 Å². The number of carbonyl (C=O) groups excluding carboxylic acids is 3. The highest BCUT2D eigenvalue weighted by atomic mass is 35.5. The molecule has 1 aliphatic heterocycles. The van der Waals surface area contributed by atoms with Crippen LogP contribution in [-0.2, 0) is 28.4 Å². The van der Waals surface area contributed by atoms with Crippen molar-refractivity contribution in [2.24, 2.45) is 0 Å². The highest BCUT2D eigenvalue weighted by molar-refractivity contribution is 7.99. The van der Waals surface area contributed by atoms with E-state index in [1.54, 1.807) is 18.3 Å². The molecule has 0 radical (unpaired) electrons. The summed E-state index contributed by atoms with van der Waals surface area (Å²) in [6, 6.07) is 3.31. The van der Waals surface area contributed by atoms with Crippen molar-refractivity contribution in [2.75, 3.05) is 27.1 Å². The maximum atomic E-state index is 11.7. The normalized spacial score (nSPS) is 22.9. The van der Waals surface area contributed by atoms with Crippen LogP contribution >= 0.6 is 24.2 Å². The summed E-state index contributed by atoms with van der Waals surface area (Å²) in [6.07, 6.45) is -3.51. The van der Waals surface area contributed by atoms with Crippen LogP contribution in [0.15, 0.2) is 24.5 Å². The first-order chi connectivity index (χ1) is 13.5. The first-order valence-electron chi connectivity index (χ1n) is 7.90. The zero-order valence-electron chi connectivity index (χ0n) is 15.7. The van der Waals surface area contributed by atoms with Gasteiger partial charge in [-0.1, -0.05) is 0 Å². The summed E-state index contributed by atoms with van der Waals surface area (Å²) in [5.41, 5.74) is -0.824. The third-order valence-electron chi connectivity index (χ3n) is 3.48. The number of hydrogen-bond acceptors (Lipinski definition) is 12. The van der Waals surface area contributed by atoms with Gasteiger partial charge in [0.2, 0.25) is 0 Å². The van der Waals surface area contributed by atoms with Gasteiger partial charge in [0, 0.05) is 11.9 Å². The van der Waals surface area contributed by atoms with E-state index in [1.807, 2.05) is 0 Å². The van der Waals surface area contributed by atoms with E-state index in [9.17, 15) is 14.4 Å². The Kier molecular flexibility index (Phi) is 10.2. The second kappa shape index (κ2) is 12.1. The van der Waals surface area contributed by atoms with Gasteiger partial charge < -0.3 is 33.2 Å². The number of ether oxygens (including phenoxy) is 7. The molecule has 4 atom stereocenters. The van der Waals surface area contributed by atoms with Crippen molar-refractivity contribution < 1.29 is 47.5 Å². The summed E-state index contributed by atoms with van der Waals surface area (Å²) in [4.78, 5) is 38.9. The van der Waals surface area contributed by atoms with Gasteiger partial charge in [0.15, 0.2) is 23.7 Å². The molecule has 1 aromatic rings. The highest BCUT2D eigenvalue weighted by Crippen LogP contribution is 2.34. The first kappa shape index (κ1) is 24.4. The van der Waals surface area contributed by atoms with Gasteiger partial charge in [0.05, 0.1) is 27.5 Å². The molecule has 0 unspecified atom stereocenters. The van der Waals surface area contributed by atoms with Gasteiger partial charge >= 0.3 is 18.5 Å². The predicted molar refractivity (Wildman–Crippen MR) is 100 cm³/mol. The molecule has 162 valence electrons. The number of rotatable bonds is 5. The standard InChI is InChI=1S/C16H19NO10S.ClH/c1-21-14(18)25-10-8-28-13(24-9-5-4-6-17-7-9)12(27-16(20)23-3)11(10)26-15(19)22-2;/h4-7,10-13H,8H2,1-3H3;1H/t10-,11+,12-,13-;/m1./s1. The Balaban J connectivity index is 0.00000420. The zero-order chi connectivity index (χ0) is 20.5.